The van der Waals surface area contributed by atoms with Gasteiger partial charge in [-0.05, 0) is 37.5 Å². The molecule has 0 bridgehead atoms. The van der Waals surface area contributed by atoms with Gasteiger partial charge < -0.3 is 0 Å². The van der Waals surface area contributed by atoms with E-state index in [1.54, 1.807) is 0 Å². The smallest absolute Gasteiger partial charge is 0.0227 e. The molecule has 0 aromatic heterocycles. The van der Waals surface area contributed by atoms with Gasteiger partial charge in [0.05, 0.1) is 0 Å². The van der Waals surface area contributed by atoms with E-state index in [2.05, 4.69) is 75.4 Å². The SMILES string of the molecule is C.Cc1ccc(/C=C/c2ccc(C)cc2C)cc1. The topological polar surface area (TPSA) is 0 Å². The molecule has 0 radical (unpaired) electrons. The normalized spacial score (nSPS) is 10.4. The number of hydrogen-bond acceptors (Lipinski definition) is 0. The maximum absolute atomic E-state index is 2.22. The molecule has 18 heavy (non-hydrogen) atoms. The zero-order valence-corrected chi connectivity index (χ0v) is 10.7. The molecule has 0 aliphatic rings. The van der Waals surface area contributed by atoms with Crippen molar-refractivity contribution in [2.75, 3.05) is 0 Å². The molecule has 0 fully saturated rings. The molecule has 0 spiro atoms. The van der Waals surface area contributed by atoms with Crippen molar-refractivity contribution in [2.24, 2.45) is 0 Å². The second kappa shape index (κ2) is 6.20. The average Bonchev–Trinajstić information content (AvgIpc) is 2.30. The molecular weight excluding hydrogens is 216 g/mol. The summed E-state index contributed by atoms with van der Waals surface area (Å²) in [6.45, 7) is 6.39. The standard InChI is InChI=1S/C17H18.CH4/c1-13-4-7-16(8-5-13)9-11-17-10-6-14(2)12-15(17)3;/h4-12H,1-3H3;1H4/b11-9+;. The fourth-order valence-electron chi connectivity index (χ4n) is 1.88. The van der Waals surface area contributed by atoms with E-state index in [9.17, 15) is 0 Å². The lowest BCUT2D eigenvalue weighted by atomic mass is 10.0. The Morgan fingerprint density at radius 2 is 1.33 bits per heavy atom. The molecule has 0 saturated carbocycles. The molecule has 0 amide bonds. The molecule has 0 saturated heterocycles. The van der Waals surface area contributed by atoms with E-state index in [1.165, 1.54) is 27.8 Å². The van der Waals surface area contributed by atoms with Crippen LogP contribution < -0.4 is 0 Å². The van der Waals surface area contributed by atoms with E-state index in [0.29, 0.717) is 0 Å². The summed E-state index contributed by atoms with van der Waals surface area (Å²) in [5.74, 6) is 0. The molecule has 0 heterocycles. The van der Waals surface area contributed by atoms with Crippen molar-refractivity contribution >= 4 is 12.2 Å². The van der Waals surface area contributed by atoms with Crippen molar-refractivity contribution in [1.82, 2.24) is 0 Å². The first-order chi connectivity index (χ1) is 8.15. The summed E-state index contributed by atoms with van der Waals surface area (Å²) >= 11 is 0. The minimum absolute atomic E-state index is 0. The molecule has 0 unspecified atom stereocenters. The van der Waals surface area contributed by atoms with Crippen LogP contribution in [0.2, 0.25) is 0 Å². The molecule has 2 aromatic rings. The van der Waals surface area contributed by atoms with Crippen LogP contribution in [0.4, 0.5) is 0 Å². The summed E-state index contributed by atoms with van der Waals surface area (Å²) in [5, 5.41) is 0. The van der Waals surface area contributed by atoms with E-state index in [-0.39, 0.29) is 7.43 Å². The molecule has 0 aliphatic heterocycles. The molecule has 0 N–H and O–H groups in total. The Labute approximate surface area is 111 Å². The number of hydrogen-bond donors (Lipinski definition) is 0. The minimum Gasteiger partial charge on any atom is -0.0776 e. The highest BCUT2D eigenvalue weighted by Crippen LogP contribution is 2.14. The van der Waals surface area contributed by atoms with E-state index >= 15 is 0 Å². The highest BCUT2D eigenvalue weighted by molar-refractivity contribution is 5.71. The Hall–Kier alpha value is -1.82. The maximum Gasteiger partial charge on any atom is -0.0227 e. The van der Waals surface area contributed by atoms with E-state index in [4.69, 9.17) is 0 Å². The maximum atomic E-state index is 2.22. The molecule has 94 valence electrons. The van der Waals surface area contributed by atoms with Crippen molar-refractivity contribution < 1.29 is 0 Å². The predicted octanol–water partition coefficient (Wildman–Crippen LogP) is 5.42. The van der Waals surface area contributed by atoms with Crippen LogP contribution in [0.1, 0.15) is 35.2 Å². The second-order valence-electron chi connectivity index (χ2n) is 4.60. The van der Waals surface area contributed by atoms with Gasteiger partial charge in [0.2, 0.25) is 0 Å². The Bertz CT molecular complexity index is 530. The molecule has 0 aliphatic carbocycles. The number of aryl methyl sites for hydroxylation is 3. The van der Waals surface area contributed by atoms with Gasteiger partial charge in [-0.3, -0.25) is 0 Å². The quantitative estimate of drug-likeness (QED) is 0.613. The van der Waals surface area contributed by atoms with E-state index in [0.717, 1.165) is 0 Å². The zero-order chi connectivity index (χ0) is 12.3. The molecule has 0 heteroatoms. The van der Waals surface area contributed by atoms with Gasteiger partial charge in [-0.15, -0.1) is 0 Å². The summed E-state index contributed by atoms with van der Waals surface area (Å²) in [6, 6.07) is 15.1. The highest BCUT2D eigenvalue weighted by Gasteiger charge is 1.94. The fourth-order valence-corrected chi connectivity index (χ4v) is 1.88. The lowest BCUT2D eigenvalue weighted by molar-refractivity contribution is 1.37. The lowest BCUT2D eigenvalue weighted by Crippen LogP contribution is -1.82. The fraction of sp³-hybridized carbons (Fsp3) is 0.222. The van der Waals surface area contributed by atoms with Crippen molar-refractivity contribution in [1.29, 1.82) is 0 Å². The first-order valence-corrected chi connectivity index (χ1v) is 5.97. The summed E-state index contributed by atoms with van der Waals surface area (Å²) in [6.07, 6.45) is 4.34. The average molecular weight is 238 g/mol. The van der Waals surface area contributed by atoms with E-state index < -0.39 is 0 Å². The van der Waals surface area contributed by atoms with Gasteiger partial charge >= 0.3 is 0 Å². The van der Waals surface area contributed by atoms with Crippen LogP contribution in [-0.4, -0.2) is 0 Å². The van der Waals surface area contributed by atoms with Gasteiger partial charge in [-0.25, -0.2) is 0 Å². The Kier molecular flexibility index (Phi) is 4.91. The minimum atomic E-state index is 0. The van der Waals surface area contributed by atoms with Crippen molar-refractivity contribution in [3.8, 4) is 0 Å². The molecule has 2 aromatic carbocycles. The second-order valence-corrected chi connectivity index (χ2v) is 4.60. The van der Waals surface area contributed by atoms with Gasteiger partial charge in [-0.1, -0.05) is 73.2 Å². The summed E-state index contributed by atoms with van der Waals surface area (Å²) in [7, 11) is 0. The van der Waals surface area contributed by atoms with Crippen molar-refractivity contribution in [2.45, 2.75) is 28.2 Å². The third kappa shape index (κ3) is 3.59. The van der Waals surface area contributed by atoms with Crippen LogP contribution in [0, 0.1) is 20.8 Å². The largest absolute Gasteiger partial charge is 0.0776 e. The third-order valence-electron chi connectivity index (χ3n) is 2.96. The molecule has 0 atom stereocenters. The number of benzene rings is 2. The Morgan fingerprint density at radius 3 is 1.94 bits per heavy atom. The summed E-state index contributed by atoms with van der Waals surface area (Å²) < 4.78 is 0. The van der Waals surface area contributed by atoms with Crippen LogP contribution in [-0.2, 0) is 0 Å². The van der Waals surface area contributed by atoms with Gasteiger partial charge in [-0.2, -0.15) is 0 Å². The monoisotopic (exact) mass is 238 g/mol. The lowest BCUT2D eigenvalue weighted by Gasteiger charge is -2.01. The van der Waals surface area contributed by atoms with Crippen LogP contribution >= 0.6 is 0 Å². The zero-order valence-electron chi connectivity index (χ0n) is 10.7. The summed E-state index contributed by atoms with van der Waals surface area (Å²) in [4.78, 5) is 0. The highest BCUT2D eigenvalue weighted by atomic mass is 14.0. The predicted molar refractivity (Wildman–Crippen MR) is 82.8 cm³/mol. The van der Waals surface area contributed by atoms with Crippen LogP contribution in [0.25, 0.3) is 12.2 Å². The first kappa shape index (κ1) is 14.2. The van der Waals surface area contributed by atoms with Gasteiger partial charge in [0.15, 0.2) is 0 Å². The first-order valence-electron chi connectivity index (χ1n) is 5.97. The van der Waals surface area contributed by atoms with Crippen LogP contribution in [0.5, 0.6) is 0 Å². The Balaban J connectivity index is 0.00000162. The van der Waals surface area contributed by atoms with Gasteiger partial charge in [0.25, 0.3) is 0 Å². The van der Waals surface area contributed by atoms with E-state index in [1.807, 2.05) is 0 Å². The molecular formula is C18H22. The number of rotatable bonds is 2. The third-order valence-corrected chi connectivity index (χ3v) is 2.96. The van der Waals surface area contributed by atoms with Gasteiger partial charge in [0, 0.05) is 0 Å². The Morgan fingerprint density at radius 1 is 0.722 bits per heavy atom. The van der Waals surface area contributed by atoms with Gasteiger partial charge in [0.1, 0.15) is 0 Å². The van der Waals surface area contributed by atoms with Crippen molar-refractivity contribution in [3.05, 3.63) is 70.3 Å². The summed E-state index contributed by atoms with van der Waals surface area (Å²) in [5.41, 5.74) is 6.48. The van der Waals surface area contributed by atoms with Crippen LogP contribution in [0.3, 0.4) is 0 Å². The molecule has 2 rings (SSSR count). The van der Waals surface area contributed by atoms with Crippen LogP contribution in [0.15, 0.2) is 42.5 Å². The van der Waals surface area contributed by atoms with Crippen molar-refractivity contribution in [3.63, 3.8) is 0 Å². The molecule has 0 nitrogen and oxygen atoms in total.